The Morgan fingerprint density at radius 3 is 2.67 bits per heavy atom. The predicted octanol–water partition coefficient (Wildman–Crippen LogP) is 3.92. The smallest absolute Gasteiger partial charge is 0.0380 e. The van der Waals surface area contributed by atoms with E-state index in [-0.39, 0.29) is 0 Å². The number of hydrogen-bond donors (Lipinski definition) is 1. The highest BCUT2D eigenvalue weighted by molar-refractivity contribution is 9.10. The van der Waals surface area contributed by atoms with Gasteiger partial charge in [-0.3, -0.25) is 0 Å². The van der Waals surface area contributed by atoms with Gasteiger partial charge in [0.1, 0.15) is 0 Å². The molecule has 2 atom stereocenters. The summed E-state index contributed by atoms with van der Waals surface area (Å²) in [5.74, 6) is 0.782. The molecule has 1 aliphatic rings. The van der Waals surface area contributed by atoms with Gasteiger partial charge in [-0.2, -0.15) is 0 Å². The van der Waals surface area contributed by atoms with Crippen LogP contribution in [0, 0.1) is 5.92 Å². The fraction of sp³-hybridized carbons (Fsp3) is 0.600. The van der Waals surface area contributed by atoms with Crippen LogP contribution in [0.5, 0.6) is 0 Å². The molecule has 18 heavy (non-hydrogen) atoms. The van der Waals surface area contributed by atoms with Gasteiger partial charge in [-0.05, 0) is 42.5 Å². The van der Waals surface area contributed by atoms with Crippen LogP contribution in [0.4, 0.5) is 5.69 Å². The van der Waals surface area contributed by atoms with E-state index < -0.39 is 0 Å². The van der Waals surface area contributed by atoms with Crippen LogP contribution >= 0.6 is 15.9 Å². The normalized spacial score (nSPS) is 24.0. The van der Waals surface area contributed by atoms with Gasteiger partial charge < -0.3 is 10.6 Å². The first-order chi connectivity index (χ1) is 8.61. The topological polar surface area (TPSA) is 29.3 Å². The lowest BCUT2D eigenvalue weighted by Crippen LogP contribution is -2.39. The molecule has 0 heterocycles. The van der Waals surface area contributed by atoms with Gasteiger partial charge in [0, 0.05) is 29.8 Å². The number of nitrogens with zero attached hydrogens (tertiary/aromatic N) is 1. The fourth-order valence-corrected chi connectivity index (χ4v) is 3.55. The average Bonchev–Trinajstić information content (AvgIpc) is 2.37. The molecule has 1 aliphatic carbocycles. The van der Waals surface area contributed by atoms with E-state index in [1.54, 1.807) is 0 Å². The van der Waals surface area contributed by atoms with Crippen LogP contribution < -0.4 is 10.6 Å². The second kappa shape index (κ2) is 6.07. The number of halogens is 1. The van der Waals surface area contributed by atoms with Crippen molar-refractivity contribution >= 4 is 21.6 Å². The van der Waals surface area contributed by atoms with E-state index in [0.29, 0.717) is 12.6 Å². The van der Waals surface area contributed by atoms with E-state index in [1.807, 2.05) is 0 Å². The maximum atomic E-state index is 5.75. The third-order valence-electron chi connectivity index (χ3n) is 4.15. The molecule has 0 saturated heterocycles. The van der Waals surface area contributed by atoms with Gasteiger partial charge in [0.05, 0.1) is 0 Å². The molecular weight excluding hydrogens is 288 g/mol. The first-order valence-electron chi connectivity index (χ1n) is 6.84. The highest BCUT2D eigenvalue weighted by Gasteiger charge is 2.25. The van der Waals surface area contributed by atoms with Crippen molar-refractivity contribution in [1.29, 1.82) is 0 Å². The van der Waals surface area contributed by atoms with Crippen molar-refractivity contribution in [2.24, 2.45) is 11.7 Å². The minimum absolute atomic E-state index is 0.598. The van der Waals surface area contributed by atoms with E-state index in [4.69, 9.17) is 5.73 Å². The molecule has 0 spiro atoms. The third kappa shape index (κ3) is 3.07. The molecule has 0 aromatic heterocycles. The monoisotopic (exact) mass is 310 g/mol. The van der Waals surface area contributed by atoms with Crippen LogP contribution in [0.2, 0.25) is 0 Å². The molecule has 2 nitrogen and oxygen atoms in total. The average molecular weight is 311 g/mol. The number of hydrogen-bond acceptors (Lipinski definition) is 2. The minimum atomic E-state index is 0.598. The van der Waals surface area contributed by atoms with Gasteiger partial charge in [-0.25, -0.2) is 0 Å². The quantitative estimate of drug-likeness (QED) is 0.916. The van der Waals surface area contributed by atoms with E-state index >= 15 is 0 Å². The summed E-state index contributed by atoms with van der Waals surface area (Å²) in [4.78, 5) is 2.44. The number of nitrogens with two attached hydrogens (primary N) is 1. The van der Waals surface area contributed by atoms with Crippen LogP contribution in [0.15, 0.2) is 22.7 Å². The predicted molar refractivity (Wildman–Crippen MR) is 81.9 cm³/mol. The molecule has 100 valence electrons. The van der Waals surface area contributed by atoms with Crippen molar-refractivity contribution in [3.63, 3.8) is 0 Å². The van der Waals surface area contributed by atoms with Gasteiger partial charge in [0.2, 0.25) is 0 Å². The summed E-state index contributed by atoms with van der Waals surface area (Å²) in [7, 11) is 2.22. The van der Waals surface area contributed by atoms with Gasteiger partial charge in [0.15, 0.2) is 0 Å². The molecule has 1 aromatic carbocycles. The van der Waals surface area contributed by atoms with Gasteiger partial charge in [-0.15, -0.1) is 0 Å². The van der Waals surface area contributed by atoms with Crippen molar-refractivity contribution < 1.29 is 0 Å². The highest BCUT2D eigenvalue weighted by atomic mass is 79.9. The van der Waals surface area contributed by atoms with Crippen molar-refractivity contribution in [1.82, 2.24) is 0 Å². The SMILES string of the molecule is CC1CCCCC1N(C)c1cc(Br)cc(CN)c1. The summed E-state index contributed by atoms with van der Waals surface area (Å²) < 4.78 is 1.12. The summed E-state index contributed by atoms with van der Waals surface area (Å²) in [6, 6.07) is 7.17. The second-order valence-corrected chi connectivity index (χ2v) is 6.38. The Balaban J connectivity index is 2.21. The summed E-state index contributed by atoms with van der Waals surface area (Å²) in [5.41, 5.74) is 8.22. The Kier molecular flexibility index (Phi) is 4.68. The van der Waals surface area contributed by atoms with Crippen LogP contribution in [-0.4, -0.2) is 13.1 Å². The van der Waals surface area contributed by atoms with Gasteiger partial charge >= 0.3 is 0 Å². The van der Waals surface area contributed by atoms with Crippen molar-refractivity contribution in [3.05, 3.63) is 28.2 Å². The maximum Gasteiger partial charge on any atom is 0.0380 e. The first-order valence-corrected chi connectivity index (χ1v) is 7.63. The molecule has 1 aromatic rings. The fourth-order valence-electron chi connectivity index (χ4n) is 3.02. The Morgan fingerprint density at radius 1 is 1.28 bits per heavy atom. The molecule has 2 N–H and O–H groups in total. The number of benzene rings is 1. The molecule has 2 rings (SSSR count). The Bertz CT molecular complexity index is 405. The highest BCUT2D eigenvalue weighted by Crippen LogP contribution is 2.32. The zero-order chi connectivity index (χ0) is 13.1. The Hall–Kier alpha value is -0.540. The maximum absolute atomic E-state index is 5.75. The molecule has 0 amide bonds. The molecule has 0 bridgehead atoms. The molecular formula is C15H23BrN2. The van der Waals surface area contributed by atoms with E-state index in [2.05, 4.69) is 53.0 Å². The van der Waals surface area contributed by atoms with Crippen molar-refractivity contribution in [2.45, 2.75) is 45.2 Å². The molecule has 0 radical (unpaired) electrons. The lowest BCUT2D eigenvalue weighted by atomic mass is 9.85. The molecule has 2 unspecified atom stereocenters. The summed E-state index contributed by atoms with van der Waals surface area (Å²) in [5, 5.41) is 0. The van der Waals surface area contributed by atoms with Crippen LogP contribution in [0.1, 0.15) is 38.2 Å². The molecule has 1 fully saturated rings. The van der Waals surface area contributed by atoms with Gasteiger partial charge in [-0.1, -0.05) is 35.7 Å². The van der Waals surface area contributed by atoms with Crippen LogP contribution in [-0.2, 0) is 6.54 Å². The summed E-state index contributed by atoms with van der Waals surface area (Å²) in [6.07, 6.45) is 5.41. The first kappa shape index (κ1) is 13.9. The Labute approximate surface area is 119 Å². The largest absolute Gasteiger partial charge is 0.371 e. The lowest BCUT2D eigenvalue weighted by Gasteiger charge is -2.38. The molecule has 0 aliphatic heterocycles. The van der Waals surface area contributed by atoms with E-state index in [9.17, 15) is 0 Å². The zero-order valence-corrected chi connectivity index (χ0v) is 12.9. The number of anilines is 1. The van der Waals surface area contributed by atoms with E-state index in [1.165, 1.54) is 36.9 Å². The minimum Gasteiger partial charge on any atom is -0.371 e. The van der Waals surface area contributed by atoms with Crippen molar-refractivity contribution in [2.75, 3.05) is 11.9 Å². The standard InChI is InChI=1S/C15H23BrN2/c1-11-5-3-4-6-15(11)18(2)14-8-12(10-17)7-13(16)9-14/h7-9,11,15H,3-6,10,17H2,1-2H3. The van der Waals surface area contributed by atoms with Crippen molar-refractivity contribution in [3.8, 4) is 0 Å². The molecule has 1 saturated carbocycles. The Morgan fingerprint density at radius 2 is 2.00 bits per heavy atom. The summed E-state index contributed by atoms with van der Waals surface area (Å²) in [6.45, 7) is 2.97. The third-order valence-corrected chi connectivity index (χ3v) is 4.61. The van der Waals surface area contributed by atoms with E-state index in [0.717, 1.165) is 10.4 Å². The van der Waals surface area contributed by atoms with Gasteiger partial charge in [0.25, 0.3) is 0 Å². The van der Waals surface area contributed by atoms with Crippen LogP contribution in [0.25, 0.3) is 0 Å². The number of rotatable bonds is 3. The summed E-state index contributed by atoms with van der Waals surface area (Å²) >= 11 is 3.58. The lowest BCUT2D eigenvalue weighted by molar-refractivity contribution is 0.321. The molecule has 3 heteroatoms. The van der Waals surface area contributed by atoms with Crippen LogP contribution in [0.3, 0.4) is 0 Å². The zero-order valence-electron chi connectivity index (χ0n) is 11.3. The second-order valence-electron chi connectivity index (χ2n) is 5.46.